The van der Waals surface area contributed by atoms with E-state index in [1.54, 1.807) is 0 Å². The molecule has 0 aliphatic heterocycles. The van der Waals surface area contributed by atoms with Gasteiger partial charge >= 0.3 is 5.69 Å². The van der Waals surface area contributed by atoms with Crippen LogP contribution in [0.3, 0.4) is 0 Å². The Hall–Kier alpha value is -2.16. The molecular weight excluding hydrogens is 216 g/mol. The molecule has 16 heavy (non-hydrogen) atoms. The average molecular weight is 228 g/mol. The van der Waals surface area contributed by atoms with Crippen LogP contribution in [0.1, 0.15) is 0 Å². The smallest absolute Gasteiger partial charge is 0.353 e. The molecule has 1 aromatic heterocycles. The second-order valence-electron chi connectivity index (χ2n) is 2.79. The molecule has 0 atom stereocenters. The number of aliphatic hydroxyl groups excluding tert-OH is 1. The molecule has 0 bridgehead atoms. The zero-order valence-corrected chi connectivity index (χ0v) is 8.60. The predicted octanol–water partition coefficient (Wildman–Crippen LogP) is -0.587. The lowest BCUT2D eigenvalue weighted by Gasteiger charge is -2.07. The van der Waals surface area contributed by atoms with Gasteiger partial charge in [-0.25, -0.2) is 0 Å². The normalized spacial score (nSPS) is 9.88. The van der Waals surface area contributed by atoms with Crippen LogP contribution in [-0.4, -0.2) is 40.2 Å². The number of nitro groups is 1. The molecule has 0 spiro atoms. The Kier molecular flexibility index (Phi) is 3.78. The lowest BCUT2D eigenvalue weighted by atomic mass is 10.4. The van der Waals surface area contributed by atoms with Gasteiger partial charge in [-0.05, 0) is 0 Å². The van der Waals surface area contributed by atoms with Crippen LogP contribution in [0.25, 0.3) is 0 Å². The van der Waals surface area contributed by atoms with Crippen molar-refractivity contribution in [2.45, 2.75) is 0 Å². The second-order valence-corrected chi connectivity index (χ2v) is 2.79. The molecule has 9 nitrogen and oxygen atoms in total. The number of hydrogen-bond acceptors (Lipinski definition) is 8. The molecule has 0 saturated carbocycles. The zero-order valence-electron chi connectivity index (χ0n) is 8.60. The van der Waals surface area contributed by atoms with Gasteiger partial charge in [-0.15, -0.1) is 0 Å². The monoisotopic (exact) mass is 228 g/mol. The Balaban J connectivity index is 3.11. The van der Waals surface area contributed by atoms with Crippen LogP contribution in [0.15, 0.2) is 0 Å². The van der Waals surface area contributed by atoms with E-state index < -0.39 is 4.92 Å². The SMILES string of the molecule is CNc1nc(NCCO)nc(N)c1[N+](=O)[O-]. The molecule has 0 aromatic carbocycles. The van der Waals surface area contributed by atoms with E-state index >= 15 is 0 Å². The Labute approximate surface area is 90.9 Å². The fraction of sp³-hybridized carbons (Fsp3) is 0.429. The van der Waals surface area contributed by atoms with Crippen LogP contribution >= 0.6 is 0 Å². The fourth-order valence-electron chi connectivity index (χ4n) is 1.07. The summed E-state index contributed by atoms with van der Waals surface area (Å²) >= 11 is 0. The third-order valence-electron chi connectivity index (χ3n) is 1.73. The van der Waals surface area contributed by atoms with Crippen LogP contribution in [-0.2, 0) is 0 Å². The Bertz CT molecular complexity index is 396. The van der Waals surface area contributed by atoms with Crippen molar-refractivity contribution in [1.29, 1.82) is 0 Å². The van der Waals surface area contributed by atoms with Crippen molar-refractivity contribution in [2.75, 3.05) is 36.6 Å². The van der Waals surface area contributed by atoms with Gasteiger partial charge in [-0.3, -0.25) is 10.1 Å². The van der Waals surface area contributed by atoms with Gasteiger partial charge in [0.15, 0.2) is 0 Å². The minimum absolute atomic E-state index is 0.0259. The number of rotatable bonds is 5. The summed E-state index contributed by atoms with van der Waals surface area (Å²) in [5.74, 6) is -0.0794. The van der Waals surface area contributed by atoms with Crippen molar-refractivity contribution in [1.82, 2.24) is 9.97 Å². The first kappa shape index (κ1) is 11.9. The van der Waals surface area contributed by atoms with E-state index in [2.05, 4.69) is 20.6 Å². The van der Waals surface area contributed by atoms with Crippen LogP contribution in [0.5, 0.6) is 0 Å². The lowest BCUT2D eigenvalue weighted by molar-refractivity contribution is -0.383. The minimum Gasteiger partial charge on any atom is -0.395 e. The van der Waals surface area contributed by atoms with Crippen LogP contribution in [0.4, 0.5) is 23.3 Å². The van der Waals surface area contributed by atoms with Crippen molar-refractivity contribution in [3.8, 4) is 0 Å². The molecule has 5 N–H and O–H groups in total. The summed E-state index contributed by atoms with van der Waals surface area (Å²) < 4.78 is 0. The van der Waals surface area contributed by atoms with Gasteiger partial charge in [-0.1, -0.05) is 0 Å². The van der Waals surface area contributed by atoms with Gasteiger partial charge in [0.2, 0.25) is 17.6 Å². The van der Waals surface area contributed by atoms with Gasteiger partial charge in [0.25, 0.3) is 0 Å². The lowest BCUT2D eigenvalue weighted by Crippen LogP contribution is -2.12. The Morgan fingerprint density at radius 2 is 2.25 bits per heavy atom. The molecule has 1 rings (SSSR count). The molecule has 0 saturated heterocycles. The van der Waals surface area contributed by atoms with Crippen molar-refractivity contribution >= 4 is 23.3 Å². The van der Waals surface area contributed by atoms with Gasteiger partial charge in [0, 0.05) is 13.6 Å². The number of hydrogen-bond donors (Lipinski definition) is 4. The highest BCUT2D eigenvalue weighted by atomic mass is 16.6. The number of aromatic nitrogens is 2. The minimum atomic E-state index is -0.656. The summed E-state index contributed by atoms with van der Waals surface area (Å²) in [7, 11) is 1.49. The maximum atomic E-state index is 10.7. The highest BCUT2D eigenvalue weighted by Gasteiger charge is 2.21. The van der Waals surface area contributed by atoms with Crippen molar-refractivity contribution < 1.29 is 10.0 Å². The third kappa shape index (κ3) is 2.45. The molecule has 88 valence electrons. The first-order valence-corrected chi connectivity index (χ1v) is 4.44. The molecular formula is C7H12N6O3. The summed E-state index contributed by atoms with van der Waals surface area (Å²) in [5, 5.41) is 24.5. The molecule has 0 fully saturated rings. The summed E-state index contributed by atoms with van der Waals surface area (Å²) in [5.41, 5.74) is 5.07. The average Bonchev–Trinajstić information content (AvgIpc) is 2.24. The standard InChI is InChI=1S/C7H12N6O3/c1-9-6-4(13(15)16)5(8)11-7(12-6)10-2-3-14/h14H,2-3H2,1H3,(H4,8,9,10,11,12). The van der Waals surface area contributed by atoms with Crippen LogP contribution < -0.4 is 16.4 Å². The first-order chi connectivity index (χ1) is 7.60. The van der Waals surface area contributed by atoms with E-state index in [4.69, 9.17) is 10.8 Å². The number of nitrogens with zero attached hydrogens (tertiary/aromatic N) is 3. The second kappa shape index (κ2) is 5.07. The molecule has 9 heteroatoms. The molecule has 0 aliphatic carbocycles. The third-order valence-corrected chi connectivity index (χ3v) is 1.73. The van der Waals surface area contributed by atoms with E-state index in [-0.39, 0.29) is 36.4 Å². The zero-order chi connectivity index (χ0) is 12.1. The van der Waals surface area contributed by atoms with E-state index in [9.17, 15) is 10.1 Å². The summed E-state index contributed by atoms with van der Waals surface area (Å²) in [6.45, 7) is 0.134. The number of aliphatic hydroxyl groups is 1. The van der Waals surface area contributed by atoms with Crippen molar-refractivity contribution in [2.24, 2.45) is 0 Å². The van der Waals surface area contributed by atoms with E-state index in [1.807, 2.05) is 0 Å². The maximum absolute atomic E-state index is 10.7. The number of nitrogens with two attached hydrogens (primary N) is 1. The van der Waals surface area contributed by atoms with E-state index in [1.165, 1.54) is 7.05 Å². The molecule has 1 aromatic rings. The molecule has 0 aliphatic rings. The molecule has 0 amide bonds. The van der Waals surface area contributed by atoms with Gasteiger partial charge in [0.05, 0.1) is 11.5 Å². The van der Waals surface area contributed by atoms with E-state index in [0.717, 1.165) is 0 Å². The quantitative estimate of drug-likeness (QED) is 0.387. The van der Waals surface area contributed by atoms with Gasteiger partial charge in [0.1, 0.15) is 0 Å². The topological polar surface area (TPSA) is 139 Å². The first-order valence-electron chi connectivity index (χ1n) is 4.44. The molecule has 0 radical (unpaired) electrons. The van der Waals surface area contributed by atoms with Crippen LogP contribution in [0.2, 0.25) is 0 Å². The Morgan fingerprint density at radius 1 is 1.56 bits per heavy atom. The highest BCUT2D eigenvalue weighted by molar-refractivity contribution is 5.69. The van der Waals surface area contributed by atoms with Gasteiger partial charge < -0.3 is 21.5 Å². The summed E-state index contributed by atoms with van der Waals surface area (Å²) in [6, 6.07) is 0. The maximum Gasteiger partial charge on any atom is 0.353 e. The number of nitrogens with one attached hydrogen (secondary N) is 2. The van der Waals surface area contributed by atoms with E-state index in [0.29, 0.717) is 0 Å². The summed E-state index contributed by atoms with van der Waals surface area (Å²) in [4.78, 5) is 17.6. The Morgan fingerprint density at radius 3 is 2.75 bits per heavy atom. The van der Waals surface area contributed by atoms with Gasteiger partial charge in [-0.2, -0.15) is 9.97 Å². The fourth-order valence-corrected chi connectivity index (χ4v) is 1.07. The van der Waals surface area contributed by atoms with Crippen molar-refractivity contribution in [3.63, 3.8) is 0 Å². The number of anilines is 3. The molecule has 0 unspecified atom stereocenters. The highest BCUT2D eigenvalue weighted by Crippen LogP contribution is 2.28. The largest absolute Gasteiger partial charge is 0.395 e. The van der Waals surface area contributed by atoms with Crippen molar-refractivity contribution in [3.05, 3.63) is 10.1 Å². The van der Waals surface area contributed by atoms with Crippen LogP contribution in [0, 0.1) is 10.1 Å². The predicted molar refractivity (Wildman–Crippen MR) is 58.2 cm³/mol. The summed E-state index contributed by atoms with van der Waals surface area (Å²) in [6.07, 6.45) is 0. The molecule has 1 heterocycles. The number of nitrogen functional groups attached to an aromatic ring is 1.